The van der Waals surface area contributed by atoms with Crippen LogP contribution in [0, 0.1) is 6.08 Å². The van der Waals surface area contributed by atoms with Gasteiger partial charge in [-0.1, -0.05) is 42.5 Å². The van der Waals surface area contributed by atoms with E-state index < -0.39 is 0 Å². The molecule has 1 aliphatic rings. The summed E-state index contributed by atoms with van der Waals surface area (Å²) in [4.78, 5) is 0. The quantitative estimate of drug-likeness (QED) is 0.474. The summed E-state index contributed by atoms with van der Waals surface area (Å²) in [6.07, 6.45) is 19.5. The van der Waals surface area contributed by atoms with Crippen molar-refractivity contribution in [1.29, 1.82) is 0 Å². The van der Waals surface area contributed by atoms with Gasteiger partial charge in [0.2, 0.25) is 0 Å². The highest BCUT2D eigenvalue weighted by Gasteiger charge is 1.73. The summed E-state index contributed by atoms with van der Waals surface area (Å²) in [7, 11) is 0. The molecule has 0 amide bonds. The fourth-order valence-corrected chi connectivity index (χ4v) is 0.733. The van der Waals surface area contributed by atoms with E-state index in [0.29, 0.717) is 0 Å². The molecule has 1 aliphatic carbocycles. The van der Waals surface area contributed by atoms with Crippen LogP contribution in [0.15, 0.2) is 42.5 Å². The summed E-state index contributed by atoms with van der Waals surface area (Å²) in [6, 6.07) is 0. The number of hydrogen-bond donors (Lipinski definition) is 0. The van der Waals surface area contributed by atoms with E-state index >= 15 is 0 Å². The van der Waals surface area contributed by atoms with Gasteiger partial charge >= 0.3 is 0 Å². The van der Waals surface area contributed by atoms with Gasteiger partial charge < -0.3 is 0 Å². The van der Waals surface area contributed by atoms with E-state index in [1.165, 1.54) is 0 Å². The molecule has 1 rings (SSSR count). The van der Waals surface area contributed by atoms with Crippen molar-refractivity contribution >= 4 is 0 Å². The molecule has 0 aromatic heterocycles. The summed E-state index contributed by atoms with van der Waals surface area (Å²) >= 11 is 0. The normalized spacial score (nSPS) is 30.4. The summed E-state index contributed by atoms with van der Waals surface area (Å²) in [6.45, 7) is 0. The number of hydrogen-bond acceptors (Lipinski definition) is 0. The van der Waals surface area contributed by atoms with Gasteiger partial charge in [-0.15, -0.1) is 0 Å². The Morgan fingerprint density at radius 2 is 1.70 bits per heavy atom. The van der Waals surface area contributed by atoms with Gasteiger partial charge in [-0.2, -0.15) is 0 Å². The molecule has 0 saturated carbocycles. The lowest BCUT2D eigenvalue weighted by Crippen LogP contribution is -1.63. The van der Waals surface area contributed by atoms with Gasteiger partial charge in [0.05, 0.1) is 0 Å². The highest BCUT2D eigenvalue weighted by molar-refractivity contribution is 5.10. The van der Waals surface area contributed by atoms with Gasteiger partial charge in [-0.3, -0.25) is 0 Å². The van der Waals surface area contributed by atoms with Crippen LogP contribution in [0.2, 0.25) is 0 Å². The molecule has 0 atom stereocenters. The van der Waals surface area contributed by atoms with Gasteiger partial charge in [0, 0.05) is 0 Å². The lowest BCUT2D eigenvalue weighted by Gasteiger charge is -1.83. The Morgan fingerprint density at radius 3 is 2.70 bits per heavy atom. The predicted molar refractivity (Wildman–Crippen MR) is 44.5 cm³/mol. The summed E-state index contributed by atoms with van der Waals surface area (Å²) < 4.78 is 0. The van der Waals surface area contributed by atoms with Gasteiger partial charge in [0.1, 0.15) is 0 Å². The molecule has 0 N–H and O–H groups in total. The molecule has 1 radical (unpaired) electrons. The second kappa shape index (κ2) is 4.80. The Bertz CT molecular complexity index is 138. The van der Waals surface area contributed by atoms with Crippen LogP contribution >= 0.6 is 0 Å². The Balaban J connectivity index is 2.50. The Labute approximate surface area is 62.3 Å². The topological polar surface area (TPSA) is 0 Å². The Morgan fingerprint density at radius 1 is 0.900 bits per heavy atom. The molecule has 0 nitrogen and oxygen atoms in total. The molecule has 0 unspecified atom stereocenters. The summed E-state index contributed by atoms with van der Waals surface area (Å²) in [5.41, 5.74) is 0. The molecular formula is C10H11. The van der Waals surface area contributed by atoms with Crippen LogP contribution in [0.25, 0.3) is 0 Å². The molecule has 0 fully saturated rings. The van der Waals surface area contributed by atoms with E-state index in [4.69, 9.17) is 0 Å². The van der Waals surface area contributed by atoms with Gasteiger partial charge in [0.25, 0.3) is 0 Å². The molecule has 0 bridgehead atoms. The van der Waals surface area contributed by atoms with Crippen LogP contribution in [0.3, 0.4) is 0 Å². The minimum Gasteiger partial charge on any atom is -0.0808 e. The first-order valence-corrected chi connectivity index (χ1v) is 3.53. The van der Waals surface area contributed by atoms with Crippen molar-refractivity contribution in [2.75, 3.05) is 0 Å². The maximum atomic E-state index is 3.12. The first-order chi connectivity index (χ1) is 5.00. The fraction of sp³-hybridized carbons (Fsp3) is 0.200. The molecule has 10 heavy (non-hydrogen) atoms. The predicted octanol–water partition coefficient (Wildman–Crippen LogP) is 2.81. The highest BCUT2D eigenvalue weighted by atomic mass is 13.8. The number of rotatable bonds is 0. The lowest BCUT2D eigenvalue weighted by atomic mass is 10.2. The molecule has 0 spiro atoms. The van der Waals surface area contributed by atoms with Crippen molar-refractivity contribution < 1.29 is 0 Å². The SMILES string of the molecule is [C]1=C\C=C\C/C=C\C=C\C/1. The minimum atomic E-state index is 0.911. The summed E-state index contributed by atoms with van der Waals surface area (Å²) in [5, 5.41) is 0. The third kappa shape index (κ3) is 3.08. The van der Waals surface area contributed by atoms with E-state index in [-0.39, 0.29) is 0 Å². The third-order valence-corrected chi connectivity index (χ3v) is 1.24. The molecule has 0 heteroatoms. The standard InChI is InChI=1S/C10H11/c1-2-4-6-8-10-9-7-5-3-1/h1-4,7,9-10H,5-6H2/b3-1-,4-2+,9-7+,10-8?. The molecular weight excluding hydrogens is 120 g/mol. The zero-order valence-corrected chi connectivity index (χ0v) is 5.96. The van der Waals surface area contributed by atoms with Crippen LogP contribution in [-0.2, 0) is 0 Å². The highest BCUT2D eigenvalue weighted by Crippen LogP contribution is 1.93. The van der Waals surface area contributed by atoms with E-state index in [9.17, 15) is 0 Å². The first-order valence-electron chi connectivity index (χ1n) is 3.53. The average molecular weight is 131 g/mol. The molecule has 0 aliphatic heterocycles. The van der Waals surface area contributed by atoms with Crippen LogP contribution in [-0.4, -0.2) is 0 Å². The van der Waals surface area contributed by atoms with Crippen LogP contribution in [0.5, 0.6) is 0 Å². The second-order valence-electron chi connectivity index (χ2n) is 2.10. The Hall–Kier alpha value is -1.04. The van der Waals surface area contributed by atoms with E-state index in [1.807, 2.05) is 12.2 Å². The van der Waals surface area contributed by atoms with Gasteiger partial charge in [-0.25, -0.2) is 0 Å². The molecule has 0 aromatic carbocycles. The zero-order valence-electron chi connectivity index (χ0n) is 5.96. The van der Waals surface area contributed by atoms with Crippen LogP contribution < -0.4 is 0 Å². The third-order valence-electron chi connectivity index (χ3n) is 1.24. The van der Waals surface area contributed by atoms with Crippen molar-refractivity contribution in [2.45, 2.75) is 12.8 Å². The van der Waals surface area contributed by atoms with E-state index in [1.54, 1.807) is 0 Å². The van der Waals surface area contributed by atoms with E-state index in [0.717, 1.165) is 12.8 Å². The average Bonchev–Trinajstić information content (AvgIpc) is 2.01. The molecule has 51 valence electrons. The maximum absolute atomic E-state index is 3.12. The van der Waals surface area contributed by atoms with Gasteiger partial charge in [-0.05, 0) is 18.9 Å². The lowest BCUT2D eigenvalue weighted by molar-refractivity contribution is 1.32. The van der Waals surface area contributed by atoms with Crippen LogP contribution in [0.4, 0.5) is 0 Å². The first kappa shape index (κ1) is 7.07. The van der Waals surface area contributed by atoms with Crippen molar-refractivity contribution in [3.63, 3.8) is 0 Å². The van der Waals surface area contributed by atoms with Crippen molar-refractivity contribution in [3.8, 4) is 0 Å². The minimum absolute atomic E-state index is 0.911. The smallest absolute Gasteiger partial charge is 0.00915 e. The maximum Gasteiger partial charge on any atom is -0.00915 e. The monoisotopic (exact) mass is 131 g/mol. The van der Waals surface area contributed by atoms with Crippen LogP contribution in [0.1, 0.15) is 12.8 Å². The molecule has 0 aromatic rings. The van der Waals surface area contributed by atoms with Crippen molar-refractivity contribution in [2.24, 2.45) is 0 Å². The fourth-order valence-electron chi connectivity index (χ4n) is 0.733. The van der Waals surface area contributed by atoms with Crippen molar-refractivity contribution in [1.82, 2.24) is 0 Å². The number of allylic oxidation sites excluding steroid dienone is 8. The Kier molecular flexibility index (Phi) is 3.40. The largest absolute Gasteiger partial charge is 0.0808 e. The second-order valence-corrected chi connectivity index (χ2v) is 2.10. The van der Waals surface area contributed by atoms with Crippen molar-refractivity contribution in [3.05, 3.63) is 48.6 Å². The molecule has 0 saturated heterocycles. The van der Waals surface area contributed by atoms with Gasteiger partial charge in [0.15, 0.2) is 0 Å². The zero-order chi connectivity index (χ0) is 7.07. The summed E-state index contributed by atoms with van der Waals surface area (Å²) in [5.74, 6) is 0. The van der Waals surface area contributed by atoms with E-state index in [2.05, 4.69) is 36.5 Å². The molecule has 0 heterocycles.